The third-order valence-corrected chi connectivity index (χ3v) is 6.77. The number of nitrogens with zero attached hydrogens (tertiary/aromatic N) is 2. The van der Waals surface area contributed by atoms with E-state index in [9.17, 15) is 18.0 Å². The molecule has 172 valence electrons. The van der Waals surface area contributed by atoms with E-state index in [2.05, 4.69) is 5.32 Å². The summed E-state index contributed by atoms with van der Waals surface area (Å²) in [5, 5.41) is 2.76. The zero-order chi connectivity index (χ0) is 23.3. The Kier molecular flexibility index (Phi) is 7.56. The van der Waals surface area contributed by atoms with Crippen molar-refractivity contribution >= 4 is 33.2 Å². The average molecular weight is 458 g/mol. The van der Waals surface area contributed by atoms with Crippen molar-refractivity contribution in [2.45, 2.75) is 39.5 Å². The molecule has 2 amide bonds. The van der Waals surface area contributed by atoms with Gasteiger partial charge in [0.1, 0.15) is 6.54 Å². The molecule has 32 heavy (non-hydrogen) atoms. The van der Waals surface area contributed by atoms with Gasteiger partial charge in [-0.25, -0.2) is 8.42 Å². The van der Waals surface area contributed by atoms with Crippen LogP contribution in [-0.4, -0.2) is 51.0 Å². The molecule has 0 spiro atoms. The molecule has 1 N–H and O–H groups in total. The van der Waals surface area contributed by atoms with Gasteiger partial charge in [0.05, 0.1) is 23.2 Å². The molecule has 1 saturated heterocycles. The Balaban J connectivity index is 1.82. The van der Waals surface area contributed by atoms with Crippen molar-refractivity contribution in [3.8, 4) is 0 Å². The molecule has 1 aliphatic rings. The Morgan fingerprint density at radius 1 is 1.00 bits per heavy atom. The molecule has 0 radical (unpaired) electrons. The molecule has 1 fully saturated rings. The van der Waals surface area contributed by atoms with Crippen LogP contribution in [0.5, 0.6) is 0 Å². The van der Waals surface area contributed by atoms with E-state index in [1.54, 1.807) is 37.3 Å². The maximum absolute atomic E-state index is 13.1. The number of hydrogen-bond donors (Lipinski definition) is 1. The highest BCUT2D eigenvalue weighted by Crippen LogP contribution is 2.25. The summed E-state index contributed by atoms with van der Waals surface area (Å²) < 4.78 is 26.1. The van der Waals surface area contributed by atoms with Gasteiger partial charge in [-0.1, -0.05) is 37.1 Å². The van der Waals surface area contributed by atoms with Crippen LogP contribution in [0.3, 0.4) is 0 Å². The molecule has 0 aliphatic carbocycles. The molecule has 2 aromatic rings. The zero-order valence-electron chi connectivity index (χ0n) is 18.9. The number of benzene rings is 2. The van der Waals surface area contributed by atoms with Crippen LogP contribution in [0.2, 0.25) is 0 Å². The van der Waals surface area contributed by atoms with E-state index in [1.165, 1.54) is 0 Å². The van der Waals surface area contributed by atoms with Gasteiger partial charge in [0, 0.05) is 13.1 Å². The Labute approximate surface area is 190 Å². The topological polar surface area (TPSA) is 86.8 Å². The van der Waals surface area contributed by atoms with Gasteiger partial charge in [-0.15, -0.1) is 0 Å². The molecule has 0 unspecified atom stereocenters. The monoisotopic (exact) mass is 457 g/mol. The SMILES string of the molecule is Cc1ccc(C)c(N(CC(=O)Nc2ccccc2C(=O)N2CCCCCC2)S(C)(=O)=O)c1. The maximum Gasteiger partial charge on any atom is 0.255 e. The van der Waals surface area contributed by atoms with Gasteiger partial charge >= 0.3 is 0 Å². The van der Waals surface area contributed by atoms with Crippen molar-refractivity contribution in [1.82, 2.24) is 4.90 Å². The third kappa shape index (κ3) is 5.88. The number of carbonyl (C=O) groups is 2. The van der Waals surface area contributed by atoms with Crippen LogP contribution in [-0.2, 0) is 14.8 Å². The van der Waals surface area contributed by atoms with Gasteiger partial charge in [0.25, 0.3) is 5.91 Å². The molecule has 1 aliphatic heterocycles. The maximum atomic E-state index is 13.1. The number of carbonyl (C=O) groups excluding carboxylic acids is 2. The molecule has 0 saturated carbocycles. The fraction of sp³-hybridized carbons (Fsp3) is 0.417. The number of aryl methyl sites for hydroxylation is 2. The van der Waals surface area contributed by atoms with E-state index in [1.807, 2.05) is 24.0 Å². The van der Waals surface area contributed by atoms with Crippen LogP contribution < -0.4 is 9.62 Å². The minimum Gasteiger partial charge on any atom is -0.339 e. The predicted octanol–water partition coefficient (Wildman–Crippen LogP) is 3.72. The molecular formula is C24H31N3O4S. The number of likely N-dealkylation sites (tertiary alicyclic amines) is 1. The summed E-state index contributed by atoms with van der Waals surface area (Å²) in [6, 6.07) is 12.3. The van der Waals surface area contributed by atoms with Crippen molar-refractivity contribution < 1.29 is 18.0 Å². The van der Waals surface area contributed by atoms with Gasteiger partial charge in [0.15, 0.2) is 0 Å². The van der Waals surface area contributed by atoms with E-state index < -0.39 is 15.9 Å². The van der Waals surface area contributed by atoms with Gasteiger partial charge in [-0.05, 0) is 56.0 Å². The van der Waals surface area contributed by atoms with Crippen molar-refractivity contribution in [3.05, 3.63) is 59.2 Å². The second-order valence-corrected chi connectivity index (χ2v) is 10.3. The number of hydrogen-bond acceptors (Lipinski definition) is 4. The fourth-order valence-electron chi connectivity index (χ4n) is 3.91. The summed E-state index contributed by atoms with van der Waals surface area (Å²) in [6.07, 6.45) is 5.25. The van der Waals surface area contributed by atoms with Crippen LogP contribution in [0.25, 0.3) is 0 Å². The number of amides is 2. The lowest BCUT2D eigenvalue weighted by molar-refractivity contribution is -0.114. The first-order valence-electron chi connectivity index (χ1n) is 10.9. The van der Waals surface area contributed by atoms with E-state index in [0.717, 1.165) is 47.4 Å². The first-order valence-corrected chi connectivity index (χ1v) is 12.7. The standard InChI is InChI=1S/C24H31N3O4S/c1-18-12-13-19(2)22(16-18)27(32(3,30)31)17-23(28)25-21-11-7-6-10-20(21)24(29)26-14-8-4-5-9-15-26/h6-7,10-13,16H,4-5,8-9,14-15,17H2,1-3H3,(H,25,28). The highest BCUT2D eigenvalue weighted by molar-refractivity contribution is 7.92. The third-order valence-electron chi connectivity index (χ3n) is 5.65. The Morgan fingerprint density at radius 3 is 2.31 bits per heavy atom. The summed E-state index contributed by atoms with van der Waals surface area (Å²) in [6.45, 7) is 4.70. The van der Waals surface area contributed by atoms with Crippen molar-refractivity contribution in [3.63, 3.8) is 0 Å². The molecular weight excluding hydrogens is 426 g/mol. The minimum atomic E-state index is -3.69. The second-order valence-electron chi connectivity index (χ2n) is 8.36. The fourth-order valence-corrected chi connectivity index (χ4v) is 4.82. The second kappa shape index (κ2) is 10.2. The van der Waals surface area contributed by atoms with Crippen LogP contribution in [0.1, 0.15) is 47.2 Å². The summed E-state index contributed by atoms with van der Waals surface area (Å²) in [5.41, 5.74) is 2.93. The van der Waals surface area contributed by atoms with Crippen molar-refractivity contribution in [1.29, 1.82) is 0 Å². The van der Waals surface area contributed by atoms with Crippen LogP contribution in [0.4, 0.5) is 11.4 Å². The van der Waals surface area contributed by atoms with Crippen LogP contribution >= 0.6 is 0 Å². The molecule has 0 bridgehead atoms. The zero-order valence-corrected chi connectivity index (χ0v) is 19.7. The number of anilines is 2. The number of sulfonamides is 1. The normalized spacial score (nSPS) is 14.5. The number of rotatable bonds is 6. The lowest BCUT2D eigenvalue weighted by Gasteiger charge is -2.25. The Hall–Kier alpha value is -2.87. The van der Waals surface area contributed by atoms with Crippen LogP contribution in [0, 0.1) is 13.8 Å². The van der Waals surface area contributed by atoms with Crippen molar-refractivity contribution in [2.75, 3.05) is 35.5 Å². The lowest BCUT2D eigenvalue weighted by atomic mass is 10.1. The first-order chi connectivity index (χ1) is 15.2. The molecule has 1 heterocycles. The predicted molar refractivity (Wildman–Crippen MR) is 128 cm³/mol. The number of nitrogens with one attached hydrogen (secondary N) is 1. The first kappa shape index (κ1) is 23.8. The summed E-state index contributed by atoms with van der Waals surface area (Å²) in [4.78, 5) is 27.8. The highest BCUT2D eigenvalue weighted by atomic mass is 32.2. The summed E-state index contributed by atoms with van der Waals surface area (Å²) in [7, 11) is -3.69. The molecule has 3 rings (SSSR count). The lowest BCUT2D eigenvalue weighted by Crippen LogP contribution is -2.38. The molecule has 0 aromatic heterocycles. The molecule has 2 aromatic carbocycles. The van der Waals surface area contributed by atoms with Gasteiger partial charge < -0.3 is 10.2 Å². The molecule has 8 heteroatoms. The summed E-state index contributed by atoms with van der Waals surface area (Å²) >= 11 is 0. The van der Waals surface area contributed by atoms with Gasteiger partial charge in [-0.3, -0.25) is 13.9 Å². The van der Waals surface area contributed by atoms with Gasteiger partial charge in [-0.2, -0.15) is 0 Å². The highest BCUT2D eigenvalue weighted by Gasteiger charge is 2.24. The van der Waals surface area contributed by atoms with Gasteiger partial charge in [0.2, 0.25) is 15.9 Å². The average Bonchev–Trinajstić information content (AvgIpc) is 3.03. The smallest absolute Gasteiger partial charge is 0.255 e. The quantitative estimate of drug-likeness (QED) is 0.716. The largest absolute Gasteiger partial charge is 0.339 e. The Bertz CT molecular complexity index is 1090. The van der Waals surface area contributed by atoms with E-state index >= 15 is 0 Å². The Morgan fingerprint density at radius 2 is 1.66 bits per heavy atom. The molecule has 7 nitrogen and oxygen atoms in total. The van der Waals surface area contributed by atoms with E-state index in [0.29, 0.717) is 30.0 Å². The van der Waals surface area contributed by atoms with Crippen molar-refractivity contribution in [2.24, 2.45) is 0 Å². The molecule has 0 atom stereocenters. The number of para-hydroxylation sites is 1. The van der Waals surface area contributed by atoms with E-state index in [-0.39, 0.29) is 12.5 Å². The minimum absolute atomic E-state index is 0.114. The summed E-state index contributed by atoms with van der Waals surface area (Å²) in [5.74, 6) is -0.621. The van der Waals surface area contributed by atoms with Crippen LogP contribution in [0.15, 0.2) is 42.5 Å². The van der Waals surface area contributed by atoms with E-state index in [4.69, 9.17) is 0 Å².